The topological polar surface area (TPSA) is 80.6 Å². The Morgan fingerprint density at radius 1 is 0.676 bits per heavy atom. The number of rotatable bonds is 17. The Balaban J connectivity index is 1.74. The molecule has 0 aromatic heterocycles. The smallest absolute Gasteiger partial charge is 0.119 e. The van der Waals surface area contributed by atoms with Gasteiger partial charge in [-0.15, -0.1) is 0 Å². The monoisotopic (exact) mass is 475 g/mol. The lowest BCUT2D eigenvalue weighted by molar-refractivity contribution is 0.0196. The molecule has 0 spiro atoms. The lowest BCUT2D eigenvalue weighted by Gasteiger charge is -2.30. The second-order valence-corrected chi connectivity index (χ2v) is 8.75. The third-order valence-corrected chi connectivity index (χ3v) is 5.54. The van der Waals surface area contributed by atoms with Crippen LogP contribution in [0.3, 0.4) is 0 Å². The van der Waals surface area contributed by atoms with E-state index in [1.165, 1.54) is 11.1 Å². The van der Waals surface area contributed by atoms with Crippen molar-refractivity contribution in [2.45, 2.75) is 44.9 Å². The van der Waals surface area contributed by atoms with Gasteiger partial charge >= 0.3 is 0 Å². The van der Waals surface area contributed by atoms with Crippen LogP contribution in [0.4, 0.5) is 0 Å². The van der Waals surface area contributed by atoms with E-state index in [9.17, 15) is 10.2 Å². The quantitative estimate of drug-likeness (QED) is 0.364. The van der Waals surface area contributed by atoms with Gasteiger partial charge in [0.1, 0.15) is 36.9 Å². The summed E-state index contributed by atoms with van der Waals surface area (Å²) < 4.78 is 21.7. The number of hydrogen-bond acceptors (Lipinski definition) is 7. The minimum absolute atomic E-state index is 0.157. The summed E-state index contributed by atoms with van der Waals surface area (Å²) in [5.74, 6) is 1.44. The summed E-state index contributed by atoms with van der Waals surface area (Å²) in [7, 11) is 3.38. The Labute approximate surface area is 204 Å². The van der Waals surface area contributed by atoms with Crippen molar-refractivity contribution >= 4 is 0 Å². The number of hydrogen-bond donors (Lipinski definition) is 2. The molecule has 0 amide bonds. The molecule has 0 aliphatic carbocycles. The first-order valence-electron chi connectivity index (χ1n) is 11.9. The number of aliphatic hydroxyl groups is 2. The van der Waals surface area contributed by atoms with Crippen LogP contribution in [0.15, 0.2) is 48.5 Å². The normalized spacial score (nSPS) is 13.3. The molecule has 0 aliphatic rings. The van der Waals surface area contributed by atoms with Crippen molar-refractivity contribution in [2.75, 3.05) is 53.7 Å². The summed E-state index contributed by atoms with van der Waals surface area (Å²) in [4.78, 5) is 2.03. The zero-order valence-electron chi connectivity index (χ0n) is 21.0. The molecule has 190 valence electrons. The van der Waals surface area contributed by atoms with Gasteiger partial charge in [0.2, 0.25) is 0 Å². The number of methoxy groups -OCH3 is 2. The molecular formula is C27H41NO6. The molecular weight excluding hydrogens is 434 g/mol. The van der Waals surface area contributed by atoms with Gasteiger partial charge in [-0.25, -0.2) is 0 Å². The Morgan fingerprint density at radius 2 is 1.06 bits per heavy atom. The van der Waals surface area contributed by atoms with E-state index < -0.39 is 12.2 Å². The number of aliphatic hydroxyl groups excluding tert-OH is 2. The Kier molecular flexibility index (Phi) is 13.0. The van der Waals surface area contributed by atoms with E-state index in [4.69, 9.17) is 18.9 Å². The van der Waals surface area contributed by atoms with Crippen LogP contribution in [-0.4, -0.2) is 87.1 Å². The van der Waals surface area contributed by atoms with Gasteiger partial charge < -0.3 is 29.2 Å². The molecule has 0 bridgehead atoms. The molecule has 2 aromatic rings. The first kappa shape index (κ1) is 28.1. The van der Waals surface area contributed by atoms with E-state index in [1.54, 1.807) is 14.2 Å². The highest BCUT2D eigenvalue weighted by Crippen LogP contribution is 2.15. The third kappa shape index (κ3) is 10.8. The first-order valence-corrected chi connectivity index (χ1v) is 11.9. The summed E-state index contributed by atoms with van der Waals surface area (Å²) in [6, 6.07) is 15.8. The van der Waals surface area contributed by atoms with Gasteiger partial charge in [-0.3, -0.25) is 4.90 Å². The van der Waals surface area contributed by atoms with Crippen molar-refractivity contribution in [1.82, 2.24) is 4.90 Å². The maximum absolute atomic E-state index is 10.5. The van der Waals surface area contributed by atoms with Gasteiger partial charge in [0.05, 0.1) is 13.2 Å². The minimum Gasteiger partial charge on any atom is -0.491 e. The number of nitrogens with zero attached hydrogens (tertiary/aromatic N) is 1. The van der Waals surface area contributed by atoms with Crippen LogP contribution in [0.5, 0.6) is 11.5 Å². The second-order valence-electron chi connectivity index (χ2n) is 8.75. The zero-order valence-corrected chi connectivity index (χ0v) is 21.0. The van der Waals surface area contributed by atoms with Crippen molar-refractivity contribution in [3.63, 3.8) is 0 Å². The summed E-state index contributed by atoms with van der Waals surface area (Å²) in [6.45, 7) is 6.61. The van der Waals surface area contributed by atoms with Crippen molar-refractivity contribution in [1.29, 1.82) is 0 Å². The molecule has 34 heavy (non-hydrogen) atoms. The van der Waals surface area contributed by atoms with E-state index in [-0.39, 0.29) is 19.3 Å². The van der Waals surface area contributed by atoms with Crippen molar-refractivity contribution in [2.24, 2.45) is 0 Å². The maximum Gasteiger partial charge on any atom is 0.119 e. The molecule has 2 aromatic carbocycles. The van der Waals surface area contributed by atoms with Crippen LogP contribution in [-0.2, 0) is 22.3 Å². The Bertz CT molecular complexity index is 717. The molecule has 0 heterocycles. The van der Waals surface area contributed by atoms with Crippen molar-refractivity contribution < 1.29 is 29.2 Å². The van der Waals surface area contributed by atoms with Gasteiger partial charge in [-0.2, -0.15) is 0 Å². The van der Waals surface area contributed by atoms with Crippen LogP contribution in [0, 0.1) is 0 Å². The average Bonchev–Trinajstić information content (AvgIpc) is 2.84. The zero-order chi connectivity index (χ0) is 24.8. The van der Waals surface area contributed by atoms with Gasteiger partial charge in [0.15, 0.2) is 0 Å². The van der Waals surface area contributed by atoms with Gasteiger partial charge in [0, 0.05) is 33.4 Å². The molecule has 0 fully saturated rings. The number of ether oxygens (including phenoxy) is 4. The predicted molar refractivity (Wildman–Crippen MR) is 134 cm³/mol. The molecule has 7 heteroatoms. The Morgan fingerprint density at radius 3 is 1.38 bits per heavy atom. The molecule has 0 aliphatic heterocycles. The highest BCUT2D eigenvalue weighted by Gasteiger charge is 2.19. The van der Waals surface area contributed by atoms with E-state index in [1.807, 2.05) is 67.3 Å². The van der Waals surface area contributed by atoms with E-state index in [0.29, 0.717) is 26.3 Å². The molecule has 0 radical (unpaired) electrons. The van der Waals surface area contributed by atoms with Crippen molar-refractivity contribution in [3.05, 3.63) is 59.7 Å². The van der Waals surface area contributed by atoms with E-state index >= 15 is 0 Å². The molecule has 0 unspecified atom stereocenters. The van der Waals surface area contributed by atoms with Crippen LogP contribution < -0.4 is 9.47 Å². The molecule has 2 rings (SSSR count). The summed E-state index contributed by atoms with van der Waals surface area (Å²) in [5.41, 5.74) is 2.36. The predicted octanol–water partition coefficient (Wildman–Crippen LogP) is 2.95. The maximum atomic E-state index is 10.5. The fraction of sp³-hybridized carbons (Fsp3) is 0.556. The lowest BCUT2D eigenvalue weighted by Crippen LogP contribution is -2.45. The number of benzene rings is 2. The van der Waals surface area contributed by atoms with E-state index in [0.717, 1.165) is 24.3 Å². The van der Waals surface area contributed by atoms with Gasteiger partial charge in [-0.1, -0.05) is 24.3 Å². The average molecular weight is 476 g/mol. The lowest BCUT2D eigenvalue weighted by atomic mass is 10.1. The van der Waals surface area contributed by atoms with Gasteiger partial charge in [-0.05, 0) is 62.1 Å². The largest absolute Gasteiger partial charge is 0.491 e. The van der Waals surface area contributed by atoms with Crippen LogP contribution in [0.1, 0.15) is 25.0 Å². The highest BCUT2D eigenvalue weighted by atomic mass is 16.5. The molecule has 0 saturated carbocycles. The van der Waals surface area contributed by atoms with Gasteiger partial charge in [0.25, 0.3) is 0 Å². The molecule has 2 atom stereocenters. The first-order chi connectivity index (χ1) is 16.4. The van der Waals surface area contributed by atoms with Crippen LogP contribution >= 0.6 is 0 Å². The highest BCUT2D eigenvalue weighted by molar-refractivity contribution is 5.28. The summed E-state index contributed by atoms with van der Waals surface area (Å²) in [5, 5.41) is 21.0. The SMILES string of the molecule is COCCc1ccc(OC[C@@H](O)CN(C[C@@H](O)COc2ccc(CCOC)cc2)C(C)C)cc1. The van der Waals surface area contributed by atoms with Crippen LogP contribution in [0.25, 0.3) is 0 Å². The minimum atomic E-state index is -0.677. The Hall–Kier alpha value is -2.16. The fourth-order valence-electron chi connectivity index (χ4n) is 3.47. The van der Waals surface area contributed by atoms with Crippen LogP contribution in [0.2, 0.25) is 0 Å². The second kappa shape index (κ2) is 15.7. The third-order valence-electron chi connectivity index (χ3n) is 5.54. The van der Waals surface area contributed by atoms with Crippen molar-refractivity contribution in [3.8, 4) is 11.5 Å². The standard InChI is InChI=1S/C27H41NO6/c1-21(2)28(17-24(29)19-33-26-9-5-22(6-10-26)13-15-31-3)18-25(30)20-34-27-11-7-23(8-12-27)14-16-32-4/h5-12,21,24-25,29-30H,13-20H2,1-4H3/t24-,25+. The molecule has 0 saturated heterocycles. The summed E-state index contributed by atoms with van der Waals surface area (Å²) in [6.07, 6.45) is 0.356. The molecule has 2 N–H and O–H groups in total. The fourth-order valence-corrected chi connectivity index (χ4v) is 3.47. The van der Waals surface area contributed by atoms with E-state index in [2.05, 4.69) is 0 Å². The summed E-state index contributed by atoms with van der Waals surface area (Å²) >= 11 is 0. The molecule has 7 nitrogen and oxygen atoms in total.